The van der Waals surface area contributed by atoms with E-state index in [0.717, 1.165) is 23.4 Å². The van der Waals surface area contributed by atoms with Crippen LogP contribution in [0.5, 0.6) is 5.75 Å². The number of aliphatic imine (C=N–C) groups is 1. The van der Waals surface area contributed by atoms with Crippen molar-refractivity contribution < 1.29 is 9.13 Å². The molecule has 2 N–H and O–H groups in total. The Bertz CT molecular complexity index is 755. The molecule has 0 spiro atoms. The van der Waals surface area contributed by atoms with E-state index in [0.29, 0.717) is 19.0 Å². The molecule has 5 nitrogen and oxygen atoms in total. The van der Waals surface area contributed by atoms with Gasteiger partial charge in [0.1, 0.15) is 11.6 Å². The van der Waals surface area contributed by atoms with Gasteiger partial charge in [-0.25, -0.2) is 9.38 Å². The molecular formula is C21H30FIN4O. The smallest absolute Gasteiger partial charge is 0.191 e. The molecule has 0 aliphatic rings. The predicted molar refractivity (Wildman–Crippen MR) is 124 cm³/mol. The van der Waals surface area contributed by atoms with E-state index in [2.05, 4.69) is 20.5 Å². The van der Waals surface area contributed by atoms with E-state index >= 15 is 0 Å². The quantitative estimate of drug-likeness (QED) is 0.329. The molecular weight excluding hydrogens is 470 g/mol. The molecule has 2 rings (SSSR count). The highest BCUT2D eigenvalue weighted by atomic mass is 127. The molecule has 2 aromatic carbocycles. The van der Waals surface area contributed by atoms with Crippen molar-refractivity contribution in [2.45, 2.75) is 19.5 Å². The van der Waals surface area contributed by atoms with Crippen LogP contribution >= 0.6 is 24.0 Å². The van der Waals surface area contributed by atoms with Crippen molar-refractivity contribution in [3.8, 4) is 5.75 Å². The summed E-state index contributed by atoms with van der Waals surface area (Å²) in [4.78, 5) is 6.72. The van der Waals surface area contributed by atoms with E-state index in [1.165, 1.54) is 6.07 Å². The van der Waals surface area contributed by atoms with Gasteiger partial charge in [0.15, 0.2) is 5.96 Å². The fraction of sp³-hybridized carbons (Fsp3) is 0.381. The lowest BCUT2D eigenvalue weighted by Crippen LogP contribution is -2.41. The third-order valence-electron chi connectivity index (χ3n) is 4.26. The minimum Gasteiger partial charge on any atom is -0.496 e. The highest BCUT2D eigenvalue weighted by Crippen LogP contribution is 2.19. The van der Waals surface area contributed by atoms with Crippen LogP contribution in [-0.4, -0.2) is 45.2 Å². The second-order valence-corrected chi connectivity index (χ2v) is 6.42. The Morgan fingerprint density at radius 2 is 1.89 bits per heavy atom. The lowest BCUT2D eigenvalue weighted by Gasteiger charge is -2.26. The molecule has 0 heterocycles. The number of hydrogen-bond acceptors (Lipinski definition) is 3. The summed E-state index contributed by atoms with van der Waals surface area (Å²) >= 11 is 0. The van der Waals surface area contributed by atoms with E-state index in [-0.39, 0.29) is 35.8 Å². The number of nitrogens with zero attached hydrogens (tertiary/aromatic N) is 2. The highest BCUT2D eigenvalue weighted by molar-refractivity contribution is 14.0. The Kier molecular flexibility index (Phi) is 10.8. The summed E-state index contributed by atoms with van der Waals surface area (Å²) in [6.07, 6.45) is 0. The number of rotatable bonds is 8. The lowest BCUT2D eigenvalue weighted by atomic mass is 10.1. The number of guanidine groups is 1. The van der Waals surface area contributed by atoms with Crippen LogP contribution in [0, 0.1) is 5.82 Å². The van der Waals surface area contributed by atoms with Crippen molar-refractivity contribution in [3.05, 3.63) is 65.5 Å². The van der Waals surface area contributed by atoms with E-state index in [1.54, 1.807) is 19.2 Å². The molecule has 0 aromatic heterocycles. The van der Waals surface area contributed by atoms with Gasteiger partial charge in [-0.15, -0.1) is 24.0 Å². The van der Waals surface area contributed by atoms with Crippen molar-refractivity contribution in [2.24, 2.45) is 4.99 Å². The molecule has 7 heteroatoms. The monoisotopic (exact) mass is 500 g/mol. The summed E-state index contributed by atoms with van der Waals surface area (Å²) in [6, 6.07) is 14.6. The van der Waals surface area contributed by atoms with Gasteiger partial charge in [0.25, 0.3) is 0 Å². The van der Waals surface area contributed by atoms with Gasteiger partial charge >= 0.3 is 0 Å². The largest absolute Gasteiger partial charge is 0.496 e. The number of hydrogen-bond donors (Lipinski definition) is 2. The number of para-hydroxylation sites is 1. The van der Waals surface area contributed by atoms with Crippen LogP contribution in [0.3, 0.4) is 0 Å². The van der Waals surface area contributed by atoms with Gasteiger partial charge < -0.3 is 20.3 Å². The molecule has 0 aliphatic heterocycles. The Hall–Kier alpha value is -1.87. The third-order valence-corrected chi connectivity index (χ3v) is 4.26. The minimum absolute atomic E-state index is 0. The molecule has 0 aliphatic carbocycles. The topological polar surface area (TPSA) is 48.9 Å². The lowest BCUT2D eigenvalue weighted by molar-refractivity contribution is 0.297. The van der Waals surface area contributed by atoms with Crippen molar-refractivity contribution in [1.29, 1.82) is 0 Å². The van der Waals surface area contributed by atoms with Gasteiger partial charge in [-0.1, -0.05) is 30.3 Å². The molecule has 0 saturated carbocycles. The predicted octanol–water partition coefficient (Wildman–Crippen LogP) is 3.81. The number of likely N-dealkylation sites (N-methyl/N-ethyl adjacent to an activating group) is 1. The van der Waals surface area contributed by atoms with Gasteiger partial charge in [-0.2, -0.15) is 0 Å². The minimum atomic E-state index is -0.226. The van der Waals surface area contributed by atoms with E-state index < -0.39 is 0 Å². The zero-order valence-electron chi connectivity index (χ0n) is 16.9. The maximum Gasteiger partial charge on any atom is 0.191 e. The molecule has 0 bridgehead atoms. The maximum atomic E-state index is 13.6. The molecule has 1 unspecified atom stereocenters. The Labute approximate surface area is 184 Å². The molecule has 28 heavy (non-hydrogen) atoms. The van der Waals surface area contributed by atoms with Crippen LogP contribution < -0.4 is 15.4 Å². The Morgan fingerprint density at radius 3 is 2.54 bits per heavy atom. The van der Waals surface area contributed by atoms with Crippen LogP contribution in [0.25, 0.3) is 0 Å². The maximum absolute atomic E-state index is 13.6. The molecule has 1 atom stereocenters. The number of nitrogens with one attached hydrogen (secondary N) is 2. The fourth-order valence-corrected chi connectivity index (χ4v) is 2.85. The van der Waals surface area contributed by atoms with Crippen LogP contribution in [0.15, 0.2) is 53.5 Å². The zero-order chi connectivity index (χ0) is 19.6. The molecule has 154 valence electrons. The zero-order valence-corrected chi connectivity index (χ0v) is 19.2. The Balaban J connectivity index is 0.00000392. The van der Waals surface area contributed by atoms with E-state index in [4.69, 9.17) is 4.74 Å². The SMILES string of the molecule is CCNC(=NCc1ccccc1OC)NCC(c1cccc(F)c1)N(C)C.I. The summed E-state index contributed by atoms with van der Waals surface area (Å²) in [6.45, 7) is 3.89. The van der Waals surface area contributed by atoms with Crippen molar-refractivity contribution >= 4 is 29.9 Å². The van der Waals surface area contributed by atoms with Crippen molar-refractivity contribution in [2.75, 3.05) is 34.3 Å². The molecule has 0 fully saturated rings. The summed E-state index contributed by atoms with van der Waals surface area (Å²) in [5.41, 5.74) is 1.94. The van der Waals surface area contributed by atoms with Crippen LogP contribution in [0.2, 0.25) is 0 Å². The summed E-state index contributed by atoms with van der Waals surface area (Å²) in [5.74, 6) is 1.31. The van der Waals surface area contributed by atoms with Gasteiger partial charge in [0.05, 0.1) is 19.7 Å². The second-order valence-electron chi connectivity index (χ2n) is 6.42. The number of benzene rings is 2. The third kappa shape index (κ3) is 7.27. The van der Waals surface area contributed by atoms with Gasteiger partial charge in [0, 0.05) is 18.7 Å². The first-order valence-corrected chi connectivity index (χ1v) is 9.11. The van der Waals surface area contributed by atoms with Gasteiger partial charge in [-0.3, -0.25) is 0 Å². The van der Waals surface area contributed by atoms with Crippen molar-refractivity contribution in [1.82, 2.24) is 15.5 Å². The summed E-state index contributed by atoms with van der Waals surface area (Å²) in [5, 5.41) is 6.61. The number of ether oxygens (including phenoxy) is 1. The molecule has 0 radical (unpaired) electrons. The van der Waals surface area contributed by atoms with Crippen LogP contribution in [0.4, 0.5) is 4.39 Å². The normalized spacial score (nSPS) is 12.3. The van der Waals surface area contributed by atoms with Crippen LogP contribution in [0.1, 0.15) is 24.1 Å². The average Bonchev–Trinajstić information content (AvgIpc) is 2.66. The van der Waals surface area contributed by atoms with E-state index in [9.17, 15) is 4.39 Å². The Morgan fingerprint density at radius 1 is 1.14 bits per heavy atom. The number of methoxy groups -OCH3 is 1. The van der Waals surface area contributed by atoms with Gasteiger partial charge in [-0.05, 0) is 44.8 Å². The first kappa shape index (κ1) is 24.2. The van der Waals surface area contributed by atoms with E-state index in [1.807, 2.05) is 51.4 Å². The number of halogens is 2. The van der Waals surface area contributed by atoms with Crippen LogP contribution in [-0.2, 0) is 6.54 Å². The first-order valence-electron chi connectivity index (χ1n) is 9.11. The average molecular weight is 500 g/mol. The summed E-state index contributed by atoms with van der Waals surface area (Å²) < 4.78 is 19.0. The molecule has 0 saturated heterocycles. The molecule has 2 aromatic rings. The standard InChI is InChI=1S/C21H29FN4O.HI/c1-5-23-21(24-14-17-9-6-7-12-20(17)27-4)25-15-19(26(2)3)16-10-8-11-18(22)13-16;/h6-13,19H,5,14-15H2,1-4H3,(H2,23,24,25);1H. The summed E-state index contributed by atoms with van der Waals surface area (Å²) in [7, 11) is 5.62. The first-order chi connectivity index (χ1) is 13.0. The van der Waals surface area contributed by atoms with Gasteiger partial charge in [0.2, 0.25) is 0 Å². The fourth-order valence-electron chi connectivity index (χ4n) is 2.85. The van der Waals surface area contributed by atoms with Crippen molar-refractivity contribution in [3.63, 3.8) is 0 Å². The second kappa shape index (κ2) is 12.6. The molecule has 0 amide bonds. The highest BCUT2D eigenvalue weighted by Gasteiger charge is 2.15.